The minimum atomic E-state index is -4.16. The number of fused-ring (bicyclic) bond motifs is 1. The van der Waals surface area contributed by atoms with Crippen LogP contribution in [0.3, 0.4) is 0 Å². The van der Waals surface area contributed by atoms with Crippen LogP contribution in [0, 0.1) is 0 Å². The van der Waals surface area contributed by atoms with E-state index < -0.39 is 12.6 Å². The summed E-state index contributed by atoms with van der Waals surface area (Å²) in [6.45, 7) is 0.279. The normalized spacial score (nSPS) is 11.9. The Morgan fingerprint density at radius 2 is 1.81 bits per heavy atom. The molecular weight excluding hydrogens is 392 g/mol. The maximum atomic E-state index is 12.3. The van der Waals surface area contributed by atoms with E-state index in [4.69, 9.17) is 27.9 Å². The number of hydrogen-bond donors (Lipinski definition) is 0. The first-order valence-corrected chi connectivity index (χ1v) is 8.46. The molecule has 26 heavy (non-hydrogen) atoms. The minimum Gasteiger partial charge on any atom is -0.422 e. The molecule has 0 aliphatic heterocycles. The second-order valence-electron chi connectivity index (χ2n) is 5.52. The van der Waals surface area contributed by atoms with Gasteiger partial charge >= 0.3 is 12.2 Å². The molecule has 0 unspecified atom stereocenters. The maximum Gasteiger partial charge on any atom is 0.389 e. The summed E-state index contributed by atoms with van der Waals surface area (Å²) in [7, 11) is 0. The Morgan fingerprint density at radius 3 is 2.50 bits per heavy atom. The highest BCUT2D eigenvalue weighted by Gasteiger charge is 2.26. The first-order chi connectivity index (χ1) is 12.3. The highest BCUT2D eigenvalue weighted by Crippen LogP contribution is 2.33. The van der Waals surface area contributed by atoms with E-state index >= 15 is 0 Å². The van der Waals surface area contributed by atoms with Crippen LogP contribution in [0.25, 0.3) is 10.9 Å². The van der Waals surface area contributed by atoms with Gasteiger partial charge < -0.3 is 4.74 Å². The molecule has 5 nitrogen and oxygen atoms in total. The fourth-order valence-corrected chi connectivity index (χ4v) is 2.79. The second kappa shape index (κ2) is 7.67. The molecule has 0 aliphatic carbocycles. The van der Waals surface area contributed by atoms with Crippen molar-refractivity contribution in [1.82, 2.24) is 19.7 Å². The van der Waals surface area contributed by atoms with Crippen LogP contribution in [0.15, 0.2) is 30.6 Å². The summed E-state index contributed by atoms with van der Waals surface area (Å²) >= 11 is 11.9. The largest absolute Gasteiger partial charge is 0.422 e. The molecule has 3 aromatic rings. The number of unbranched alkanes of at least 4 members (excludes halogenated alkanes) is 1. The minimum absolute atomic E-state index is 0.00575. The van der Waals surface area contributed by atoms with Crippen molar-refractivity contribution in [2.24, 2.45) is 0 Å². The van der Waals surface area contributed by atoms with E-state index in [9.17, 15) is 13.2 Å². The molecular formula is C16H13Cl2F3N4O. The maximum absolute atomic E-state index is 12.3. The van der Waals surface area contributed by atoms with Crippen molar-refractivity contribution in [3.8, 4) is 11.8 Å². The fourth-order valence-electron chi connectivity index (χ4n) is 2.45. The van der Waals surface area contributed by atoms with Gasteiger partial charge in [-0.25, -0.2) is 9.97 Å². The number of halogens is 5. The van der Waals surface area contributed by atoms with Crippen molar-refractivity contribution in [3.05, 3.63) is 40.8 Å². The van der Waals surface area contributed by atoms with E-state index in [-0.39, 0.29) is 24.1 Å². The van der Waals surface area contributed by atoms with Crippen LogP contribution in [0.4, 0.5) is 13.2 Å². The van der Waals surface area contributed by atoms with E-state index in [1.807, 2.05) is 0 Å². The Bertz CT molecular complexity index is 897. The summed E-state index contributed by atoms with van der Waals surface area (Å²) < 4.78 is 44.1. The number of rotatable bonds is 6. The van der Waals surface area contributed by atoms with E-state index in [0.717, 1.165) is 0 Å². The van der Waals surface area contributed by atoms with Gasteiger partial charge in [-0.15, -0.1) is 0 Å². The molecule has 0 amide bonds. The summed E-state index contributed by atoms with van der Waals surface area (Å²) in [6.07, 6.45) is -1.90. The first kappa shape index (κ1) is 18.7. The Hall–Kier alpha value is -2.06. The number of ether oxygens (including phenoxy) is 1. The second-order valence-corrected chi connectivity index (χ2v) is 6.32. The van der Waals surface area contributed by atoms with Crippen molar-refractivity contribution in [3.63, 3.8) is 0 Å². The quantitative estimate of drug-likeness (QED) is 0.497. The van der Waals surface area contributed by atoms with Crippen LogP contribution in [0.5, 0.6) is 11.8 Å². The number of para-hydroxylation sites is 1. The van der Waals surface area contributed by atoms with Gasteiger partial charge in [0.1, 0.15) is 5.52 Å². The van der Waals surface area contributed by atoms with Gasteiger partial charge in [-0.1, -0.05) is 29.3 Å². The first-order valence-electron chi connectivity index (χ1n) is 7.71. The Morgan fingerprint density at radius 1 is 1.08 bits per heavy atom. The van der Waals surface area contributed by atoms with Gasteiger partial charge in [0.15, 0.2) is 10.9 Å². The van der Waals surface area contributed by atoms with Crippen molar-refractivity contribution in [2.45, 2.75) is 32.0 Å². The average molecular weight is 405 g/mol. The molecule has 0 radical (unpaired) electrons. The van der Waals surface area contributed by atoms with Crippen molar-refractivity contribution in [2.75, 3.05) is 0 Å². The summed E-state index contributed by atoms with van der Waals surface area (Å²) in [6, 6.07) is 5.26. The number of benzene rings is 1. The predicted molar refractivity (Wildman–Crippen MR) is 91.8 cm³/mol. The number of aryl methyl sites for hydroxylation is 1. The molecule has 1 aromatic carbocycles. The molecule has 138 valence electrons. The third kappa shape index (κ3) is 4.56. The average Bonchev–Trinajstić information content (AvgIpc) is 2.90. The molecule has 3 rings (SSSR count). The van der Waals surface area contributed by atoms with E-state index in [2.05, 4.69) is 15.1 Å². The molecule has 0 bridgehead atoms. The zero-order chi connectivity index (χ0) is 18.7. The van der Waals surface area contributed by atoms with Crippen LogP contribution in [0.2, 0.25) is 10.2 Å². The lowest BCUT2D eigenvalue weighted by Crippen LogP contribution is -2.08. The Balaban J connectivity index is 1.83. The predicted octanol–water partition coefficient (Wildman–Crippen LogP) is 5.66. The lowest BCUT2D eigenvalue weighted by Gasteiger charge is -2.09. The highest BCUT2D eigenvalue weighted by atomic mass is 35.5. The van der Waals surface area contributed by atoms with Crippen LogP contribution in [-0.4, -0.2) is 25.9 Å². The van der Waals surface area contributed by atoms with Crippen molar-refractivity contribution >= 4 is 34.1 Å². The topological polar surface area (TPSA) is 52.8 Å². The lowest BCUT2D eigenvalue weighted by atomic mass is 10.2. The summed E-state index contributed by atoms with van der Waals surface area (Å²) in [5, 5.41) is 5.45. The molecule has 0 atom stereocenters. The van der Waals surface area contributed by atoms with E-state index in [1.165, 1.54) is 12.4 Å². The molecule has 0 N–H and O–H groups in total. The number of alkyl halides is 3. The molecule has 2 heterocycles. The molecule has 0 saturated heterocycles. The third-order valence-electron chi connectivity index (χ3n) is 3.57. The molecule has 0 saturated carbocycles. The van der Waals surface area contributed by atoms with Gasteiger partial charge in [-0.05, 0) is 25.0 Å². The van der Waals surface area contributed by atoms with Crippen LogP contribution in [-0.2, 0) is 6.54 Å². The van der Waals surface area contributed by atoms with Crippen LogP contribution in [0.1, 0.15) is 19.3 Å². The Labute approximate surface area is 156 Å². The molecule has 0 aliphatic rings. The van der Waals surface area contributed by atoms with E-state index in [1.54, 1.807) is 22.9 Å². The molecule has 0 fully saturated rings. The van der Waals surface area contributed by atoms with Crippen LogP contribution < -0.4 is 4.74 Å². The monoisotopic (exact) mass is 404 g/mol. The lowest BCUT2D eigenvalue weighted by molar-refractivity contribution is -0.135. The van der Waals surface area contributed by atoms with Crippen molar-refractivity contribution in [1.29, 1.82) is 0 Å². The van der Waals surface area contributed by atoms with Gasteiger partial charge in [0, 0.05) is 18.4 Å². The van der Waals surface area contributed by atoms with Gasteiger partial charge in [-0.3, -0.25) is 4.68 Å². The van der Waals surface area contributed by atoms with Gasteiger partial charge in [0.2, 0.25) is 0 Å². The summed E-state index contributed by atoms with van der Waals surface area (Å²) in [5.74, 6) is 0.403. The zero-order valence-electron chi connectivity index (χ0n) is 13.3. The molecule has 10 heteroatoms. The number of nitrogens with zero attached hydrogens (tertiary/aromatic N) is 4. The molecule has 2 aromatic heterocycles. The molecule has 0 spiro atoms. The summed E-state index contributed by atoms with van der Waals surface area (Å²) in [4.78, 5) is 7.93. The third-order valence-corrected chi connectivity index (χ3v) is 4.04. The van der Waals surface area contributed by atoms with Crippen LogP contribution >= 0.6 is 23.2 Å². The van der Waals surface area contributed by atoms with Crippen molar-refractivity contribution < 1.29 is 17.9 Å². The zero-order valence-corrected chi connectivity index (χ0v) is 14.8. The highest BCUT2D eigenvalue weighted by molar-refractivity contribution is 6.34. The fraction of sp³-hybridized carbons (Fsp3) is 0.312. The SMILES string of the molecule is FC(F)(F)CCCCn1nc(Cl)c2cccc(Oc3ncc(Cl)cn3)c21. The Kier molecular flexibility index (Phi) is 5.52. The van der Waals surface area contributed by atoms with Gasteiger partial charge in [0.05, 0.1) is 17.4 Å². The smallest absolute Gasteiger partial charge is 0.389 e. The van der Waals surface area contributed by atoms with E-state index in [0.29, 0.717) is 28.1 Å². The summed E-state index contributed by atoms with van der Waals surface area (Å²) in [5.41, 5.74) is 0.572. The standard InChI is InChI=1S/C16H13Cl2F3N4O/c17-10-8-22-15(23-9-10)26-12-5-3-4-11-13(12)25(24-14(11)18)7-2-1-6-16(19,20)21/h3-5,8-9H,1-2,6-7H2. The number of hydrogen-bond acceptors (Lipinski definition) is 4. The van der Waals surface area contributed by atoms with Gasteiger partial charge in [0.25, 0.3) is 0 Å². The van der Waals surface area contributed by atoms with Gasteiger partial charge in [-0.2, -0.15) is 18.3 Å². The number of aromatic nitrogens is 4.